The number of aromatic carboxylic acids is 1. The minimum absolute atomic E-state index is 0.289. The first kappa shape index (κ1) is 16.2. The van der Waals surface area contributed by atoms with E-state index in [1.165, 1.54) is 24.1 Å². The molecule has 24 heavy (non-hydrogen) atoms. The highest BCUT2D eigenvalue weighted by molar-refractivity contribution is 5.89. The maximum absolute atomic E-state index is 11.0. The van der Waals surface area contributed by atoms with Crippen LogP contribution in [-0.4, -0.2) is 30.4 Å². The van der Waals surface area contributed by atoms with Crippen LogP contribution >= 0.6 is 0 Å². The molecule has 1 saturated heterocycles. The highest BCUT2D eigenvalue weighted by Crippen LogP contribution is 2.24. The van der Waals surface area contributed by atoms with Gasteiger partial charge < -0.3 is 10.0 Å². The van der Waals surface area contributed by atoms with E-state index in [4.69, 9.17) is 5.11 Å². The average Bonchev–Trinajstić information content (AvgIpc) is 3.09. The number of hydrogen-bond donors (Lipinski definition) is 1. The van der Waals surface area contributed by atoms with Gasteiger partial charge in [0.1, 0.15) is 0 Å². The van der Waals surface area contributed by atoms with Crippen molar-refractivity contribution in [3.63, 3.8) is 0 Å². The second-order valence-corrected chi connectivity index (χ2v) is 6.30. The van der Waals surface area contributed by atoms with Gasteiger partial charge in [-0.25, -0.2) is 4.79 Å². The van der Waals surface area contributed by atoms with Crippen molar-refractivity contribution in [1.29, 1.82) is 0 Å². The summed E-state index contributed by atoms with van der Waals surface area (Å²) < 4.78 is 0. The van der Waals surface area contributed by atoms with E-state index >= 15 is 0 Å². The van der Waals surface area contributed by atoms with Gasteiger partial charge in [-0.2, -0.15) is 0 Å². The molecule has 0 amide bonds. The summed E-state index contributed by atoms with van der Waals surface area (Å²) >= 11 is 0. The molecule has 124 valence electrons. The molecular formula is C20H22N2O2. The van der Waals surface area contributed by atoms with Crippen LogP contribution in [0.5, 0.6) is 0 Å². The summed E-state index contributed by atoms with van der Waals surface area (Å²) in [6.45, 7) is 6.26. The lowest BCUT2D eigenvalue weighted by Crippen LogP contribution is -2.17. The fourth-order valence-electron chi connectivity index (χ4n) is 3.05. The smallest absolute Gasteiger partial charge is 0.335 e. The van der Waals surface area contributed by atoms with Gasteiger partial charge in [0.25, 0.3) is 0 Å². The summed E-state index contributed by atoms with van der Waals surface area (Å²) in [5, 5.41) is 9.02. The van der Waals surface area contributed by atoms with Crippen LogP contribution in [0.15, 0.2) is 41.4 Å². The lowest BCUT2D eigenvalue weighted by atomic mass is 10.1. The molecule has 0 atom stereocenters. The summed E-state index contributed by atoms with van der Waals surface area (Å²) in [6, 6.07) is 11.5. The zero-order valence-electron chi connectivity index (χ0n) is 14.1. The third-order valence-corrected chi connectivity index (χ3v) is 4.51. The molecule has 0 radical (unpaired) electrons. The number of aliphatic imine (C=N–C) groups is 1. The van der Waals surface area contributed by atoms with E-state index in [0.717, 1.165) is 29.9 Å². The summed E-state index contributed by atoms with van der Waals surface area (Å²) in [4.78, 5) is 17.9. The quantitative estimate of drug-likeness (QED) is 0.851. The Labute approximate surface area is 142 Å². The highest BCUT2D eigenvalue weighted by Gasteiger charge is 2.12. The van der Waals surface area contributed by atoms with Crippen molar-refractivity contribution in [3.8, 4) is 0 Å². The van der Waals surface area contributed by atoms with Crippen LogP contribution in [0.2, 0.25) is 0 Å². The van der Waals surface area contributed by atoms with E-state index in [-0.39, 0.29) is 5.56 Å². The van der Waals surface area contributed by atoms with Crippen molar-refractivity contribution in [1.82, 2.24) is 0 Å². The number of carboxylic acid groups (broad SMARTS) is 1. The Morgan fingerprint density at radius 1 is 1.08 bits per heavy atom. The van der Waals surface area contributed by atoms with Crippen LogP contribution < -0.4 is 4.90 Å². The second kappa shape index (κ2) is 6.87. The van der Waals surface area contributed by atoms with Gasteiger partial charge in [-0.15, -0.1) is 0 Å². The van der Waals surface area contributed by atoms with Gasteiger partial charge in [0.2, 0.25) is 0 Å². The summed E-state index contributed by atoms with van der Waals surface area (Å²) in [5.41, 5.74) is 5.50. The Kier molecular flexibility index (Phi) is 4.65. The van der Waals surface area contributed by atoms with Crippen LogP contribution in [0.25, 0.3) is 0 Å². The fraction of sp³-hybridized carbons (Fsp3) is 0.300. The third kappa shape index (κ3) is 3.48. The number of anilines is 1. The van der Waals surface area contributed by atoms with Crippen LogP contribution in [0.4, 0.5) is 11.4 Å². The molecule has 1 fully saturated rings. The Balaban J connectivity index is 1.80. The molecule has 4 nitrogen and oxygen atoms in total. The first-order valence-corrected chi connectivity index (χ1v) is 8.28. The van der Waals surface area contributed by atoms with Crippen molar-refractivity contribution in [2.24, 2.45) is 4.99 Å². The molecule has 0 spiro atoms. The lowest BCUT2D eigenvalue weighted by molar-refractivity contribution is 0.0697. The lowest BCUT2D eigenvalue weighted by Gasteiger charge is -2.18. The van der Waals surface area contributed by atoms with Crippen LogP contribution in [0.1, 0.15) is 39.9 Å². The first-order valence-electron chi connectivity index (χ1n) is 8.28. The van der Waals surface area contributed by atoms with Gasteiger partial charge >= 0.3 is 5.97 Å². The summed E-state index contributed by atoms with van der Waals surface area (Å²) in [7, 11) is 0. The number of hydrogen-bond acceptors (Lipinski definition) is 3. The molecule has 3 rings (SSSR count). The maximum atomic E-state index is 11.0. The van der Waals surface area contributed by atoms with E-state index in [9.17, 15) is 4.79 Å². The van der Waals surface area contributed by atoms with Crippen molar-refractivity contribution in [2.45, 2.75) is 26.7 Å². The number of carboxylic acids is 1. The second-order valence-electron chi connectivity index (χ2n) is 6.30. The molecule has 0 unspecified atom stereocenters. The monoisotopic (exact) mass is 322 g/mol. The predicted molar refractivity (Wildman–Crippen MR) is 98.0 cm³/mol. The highest BCUT2D eigenvalue weighted by atomic mass is 16.4. The third-order valence-electron chi connectivity index (χ3n) is 4.51. The molecule has 0 saturated carbocycles. The van der Waals surface area contributed by atoms with Gasteiger partial charge in [0, 0.05) is 25.0 Å². The molecular weight excluding hydrogens is 300 g/mol. The zero-order chi connectivity index (χ0) is 17.1. The van der Waals surface area contributed by atoms with E-state index in [2.05, 4.69) is 35.0 Å². The molecule has 0 bridgehead atoms. The average molecular weight is 322 g/mol. The Bertz CT molecular complexity index is 790. The van der Waals surface area contributed by atoms with Gasteiger partial charge in [-0.1, -0.05) is 6.07 Å². The van der Waals surface area contributed by atoms with Gasteiger partial charge in [-0.05, 0) is 73.7 Å². The van der Waals surface area contributed by atoms with Crippen molar-refractivity contribution in [3.05, 3.63) is 58.7 Å². The zero-order valence-corrected chi connectivity index (χ0v) is 14.1. The normalized spacial score (nSPS) is 14.5. The fourth-order valence-corrected chi connectivity index (χ4v) is 3.05. The predicted octanol–water partition coefficient (Wildman–Crippen LogP) is 4.35. The maximum Gasteiger partial charge on any atom is 0.335 e. The largest absolute Gasteiger partial charge is 0.478 e. The topological polar surface area (TPSA) is 52.9 Å². The van der Waals surface area contributed by atoms with E-state index < -0.39 is 5.97 Å². The molecule has 1 aliphatic rings. The molecule has 0 aromatic heterocycles. The number of benzene rings is 2. The van der Waals surface area contributed by atoms with Crippen LogP contribution in [0, 0.1) is 13.8 Å². The summed E-state index contributed by atoms with van der Waals surface area (Å²) in [6.07, 6.45) is 4.40. The van der Waals surface area contributed by atoms with Crippen LogP contribution in [-0.2, 0) is 0 Å². The Hall–Kier alpha value is -2.62. The Morgan fingerprint density at radius 2 is 1.83 bits per heavy atom. The molecule has 4 heteroatoms. The SMILES string of the molecule is Cc1cc(N2CCCC2)ccc1C=Nc1ccc(C(=O)O)cc1C. The van der Waals surface area contributed by atoms with E-state index in [1.807, 2.05) is 13.1 Å². The molecule has 1 aliphatic heterocycles. The van der Waals surface area contributed by atoms with Crippen LogP contribution in [0.3, 0.4) is 0 Å². The standard InChI is InChI=1S/C20H22N2O2/c1-14-12-18(22-9-3-4-10-22)7-5-17(14)13-21-19-8-6-16(20(23)24)11-15(19)2/h5-8,11-13H,3-4,9-10H2,1-2H3,(H,23,24). The number of aryl methyl sites for hydroxylation is 2. The minimum atomic E-state index is -0.915. The number of carbonyl (C=O) groups is 1. The van der Waals surface area contributed by atoms with Crippen molar-refractivity contribution in [2.75, 3.05) is 18.0 Å². The number of nitrogens with zero attached hydrogens (tertiary/aromatic N) is 2. The summed E-state index contributed by atoms with van der Waals surface area (Å²) in [5.74, 6) is -0.915. The van der Waals surface area contributed by atoms with E-state index in [0.29, 0.717) is 0 Å². The number of rotatable bonds is 4. The van der Waals surface area contributed by atoms with Gasteiger partial charge in [0.15, 0.2) is 0 Å². The molecule has 2 aromatic rings. The van der Waals surface area contributed by atoms with Gasteiger partial charge in [0.05, 0.1) is 11.3 Å². The van der Waals surface area contributed by atoms with Gasteiger partial charge in [-0.3, -0.25) is 4.99 Å². The molecule has 2 aromatic carbocycles. The van der Waals surface area contributed by atoms with Crippen molar-refractivity contribution < 1.29 is 9.90 Å². The Morgan fingerprint density at radius 3 is 2.46 bits per heavy atom. The molecule has 0 aliphatic carbocycles. The van der Waals surface area contributed by atoms with Crippen molar-refractivity contribution >= 4 is 23.6 Å². The first-order chi connectivity index (χ1) is 11.5. The molecule has 1 N–H and O–H groups in total. The minimum Gasteiger partial charge on any atom is -0.478 e. The molecule has 1 heterocycles. The van der Waals surface area contributed by atoms with E-state index in [1.54, 1.807) is 18.2 Å².